The Morgan fingerprint density at radius 1 is 0.786 bits per heavy atom. The van der Waals surface area contributed by atoms with Crippen LogP contribution in [0.15, 0.2) is 55.1 Å². The summed E-state index contributed by atoms with van der Waals surface area (Å²) in [4.78, 5) is 4.19. The second-order valence-electron chi connectivity index (χ2n) is 8.23. The van der Waals surface area contributed by atoms with Gasteiger partial charge in [-0.25, -0.2) is 4.57 Å². The molecule has 2 aromatic heterocycles. The summed E-state index contributed by atoms with van der Waals surface area (Å²) in [6.45, 7) is 6.01. The average molecular weight is 448 g/mol. The van der Waals surface area contributed by atoms with Crippen molar-refractivity contribution in [3.8, 4) is 0 Å². The van der Waals surface area contributed by atoms with E-state index in [2.05, 4.69) is 60.1 Å². The molecule has 2 aromatic rings. The maximum atomic E-state index is 4.19. The van der Waals surface area contributed by atoms with Crippen LogP contribution in [0.2, 0.25) is 0 Å². The maximum Gasteiger partial charge on any atom is 0.168 e. The highest BCUT2D eigenvalue weighted by Gasteiger charge is 2.13. The molecule has 0 aliphatic heterocycles. The molecule has 0 fully saturated rings. The van der Waals surface area contributed by atoms with Crippen LogP contribution in [0, 0.1) is 11.8 Å². The van der Waals surface area contributed by atoms with Crippen molar-refractivity contribution in [3.63, 3.8) is 0 Å². The standard InChI is InChI=1S/C25H39N2.BrH/c1-23(24(2)17-21-27-19-11-8-12-20-27)14-9-6-4-3-5-7-10-15-25-16-13-18-26-22-25;/h8,11-13,16,18-20,22-24H,3-7,9-10,14-15,17,21H2,1-2H3;1H/q+1;/p-1. The third-order valence-electron chi connectivity index (χ3n) is 5.94. The lowest BCUT2D eigenvalue weighted by atomic mass is 9.88. The van der Waals surface area contributed by atoms with E-state index in [-0.39, 0.29) is 17.0 Å². The second-order valence-corrected chi connectivity index (χ2v) is 8.23. The fourth-order valence-electron chi connectivity index (χ4n) is 3.73. The summed E-state index contributed by atoms with van der Waals surface area (Å²) in [6.07, 6.45) is 21.7. The van der Waals surface area contributed by atoms with Gasteiger partial charge in [0.25, 0.3) is 0 Å². The molecular weight excluding hydrogens is 408 g/mol. The molecule has 0 bridgehead atoms. The SMILES string of the molecule is CC(CCCCCCCCCc1cccnc1)C(C)CC[n+]1ccccc1.[Br-]. The van der Waals surface area contributed by atoms with Gasteiger partial charge in [-0.2, -0.15) is 0 Å². The van der Waals surface area contributed by atoms with Crippen molar-refractivity contribution in [2.75, 3.05) is 0 Å². The summed E-state index contributed by atoms with van der Waals surface area (Å²) < 4.78 is 2.30. The third kappa shape index (κ3) is 10.9. The quantitative estimate of drug-likeness (QED) is 0.321. The first-order valence-electron chi connectivity index (χ1n) is 11.1. The van der Waals surface area contributed by atoms with E-state index in [0.29, 0.717) is 0 Å². The van der Waals surface area contributed by atoms with Crippen LogP contribution >= 0.6 is 0 Å². The van der Waals surface area contributed by atoms with E-state index < -0.39 is 0 Å². The van der Waals surface area contributed by atoms with Gasteiger partial charge in [0.2, 0.25) is 0 Å². The summed E-state index contributed by atoms with van der Waals surface area (Å²) in [5, 5.41) is 0. The minimum absolute atomic E-state index is 0. The van der Waals surface area contributed by atoms with Crippen LogP contribution in [-0.4, -0.2) is 4.98 Å². The molecule has 2 nitrogen and oxygen atoms in total. The molecule has 156 valence electrons. The van der Waals surface area contributed by atoms with E-state index in [4.69, 9.17) is 0 Å². The lowest BCUT2D eigenvalue weighted by Crippen LogP contribution is -3.00. The minimum atomic E-state index is 0. The van der Waals surface area contributed by atoms with E-state index in [9.17, 15) is 0 Å². The summed E-state index contributed by atoms with van der Waals surface area (Å²) in [5.41, 5.74) is 1.38. The Morgan fingerprint density at radius 2 is 1.43 bits per heavy atom. The highest BCUT2D eigenvalue weighted by molar-refractivity contribution is 5.08. The predicted molar refractivity (Wildman–Crippen MR) is 114 cm³/mol. The zero-order valence-electron chi connectivity index (χ0n) is 17.9. The van der Waals surface area contributed by atoms with Gasteiger partial charge in [0.1, 0.15) is 6.54 Å². The molecule has 2 unspecified atom stereocenters. The van der Waals surface area contributed by atoms with E-state index in [1.54, 1.807) is 0 Å². The summed E-state index contributed by atoms with van der Waals surface area (Å²) in [7, 11) is 0. The number of nitrogens with zero attached hydrogens (tertiary/aromatic N) is 2. The molecule has 28 heavy (non-hydrogen) atoms. The number of pyridine rings is 2. The number of halogens is 1. The van der Waals surface area contributed by atoms with Crippen molar-refractivity contribution in [1.82, 2.24) is 4.98 Å². The minimum Gasteiger partial charge on any atom is -1.00 e. The van der Waals surface area contributed by atoms with Crippen molar-refractivity contribution in [2.45, 2.75) is 84.6 Å². The van der Waals surface area contributed by atoms with Gasteiger partial charge in [0.15, 0.2) is 12.4 Å². The maximum absolute atomic E-state index is 4.19. The van der Waals surface area contributed by atoms with Crippen LogP contribution in [0.5, 0.6) is 0 Å². The van der Waals surface area contributed by atoms with Crippen LogP contribution in [0.1, 0.15) is 77.2 Å². The van der Waals surface area contributed by atoms with E-state index in [1.807, 2.05) is 18.5 Å². The Hall–Kier alpha value is -1.22. The van der Waals surface area contributed by atoms with Gasteiger partial charge in [-0.05, 0) is 36.3 Å². The molecule has 0 spiro atoms. The van der Waals surface area contributed by atoms with Crippen molar-refractivity contribution in [3.05, 3.63) is 60.7 Å². The number of rotatable bonds is 14. The average Bonchev–Trinajstić information content (AvgIpc) is 2.72. The topological polar surface area (TPSA) is 16.8 Å². The van der Waals surface area contributed by atoms with Gasteiger partial charge in [-0.15, -0.1) is 0 Å². The second kappa shape index (κ2) is 15.7. The largest absolute Gasteiger partial charge is 1.00 e. The number of aryl methyl sites for hydroxylation is 2. The number of unbranched alkanes of at least 4 members (excludes halogenated alkanes) is 6. The van der Waals surface area contributed by atoms with E-state index >= 15 is 0 Å². The van der Waals surface area contributed by atoms with Crippen molar-refractivity contribution in [1.29, 1.82) is 0 Å². The van der Waals surface area contributed by atoms with Crippen molar-refractivity contribution in [2.24, 2.45) is 11.8 Å². The van der Waals surface area contributed by atoms with Crippen molar-refractivity contribution >= 4 is 0 Å². The summed E-state index contributed by atoms with van der Waals surface area (Å²) in [5.74, 6) is 1.65. The van der Waals surface area contributed by atoms with Gasteiger partial charge in [-0.3, -0.25) is 4.98 Å². The first kappa shape index (κ1) is 24.8. The lowest BCUT2D eigenvalue weighted by Gasteiger charge is -2.18. The Labute approximate surface area is 183 Å². The molecule has 2 heterocycles. The zero-order chi connectivity index (χ0) is 19.2. The molecule has 3 heteroatoms. The summed E-state index contributed by atoms with van der Waals surface area (Å²) >= 11 is 0. The molecule has 0 amide bonds. The normalized spacial score (nSPS) is 12.9. The molecular formula is C25H39BrN2. The first-order valence-corrected chi connectivity index (χ1v) is 11.1. The highest BCUT2D eigenvalue weighted by atomic mass is 79.9. The van der Waals surface area contributed by atoms with Gasteiger partial charge < -0.3 is 17.0 Å². The van der Waals surface area contributed by atoms with Crippen LogP contribution < -0.4 is 21.5 Å². The number of aromatic nitrogens is 2. The van der Waals surface area contributed by atoms with Crippen LogP contribution in [-0.2, 0) is 13.0 Å². The molecule has 0 aromatic carbocycles. The Bertz CT molecular complexity index is 588. The zero-order valence-corrected chi connectivity index (χ0v) is 19.5. The molecule has 2 atom stereocenters. The van der Waals surface area contributed by atoms with Gasteiger partial charge in [0, 0.05) is 30.9 Å². The Kier molecular flexibility index (Phi) is 13.9. The number of hydrogen-bond acceptors (Lipinski definition) is 1. The van der Waals surface area contributed by atoms with Gasteiger partial charge in [-0.1, -0.05) is 70.9 Å². The van der Waals surface area contributed by atoms with Crippen LogP contribution in [0.4, 0.5) is 0 Å². The molecule has 2 rings (SSSR count). The molecule has 0 aliphatic rings. The van der Waals surface area contributed by atoms with Crippen LogP contribution in [0.25, 0.3) is 0 Å². The van der Waals surface area contributed by atoms with Crippen LogP contribution in [0.3, 0.4) is 0 Å². The highest BCUT2D eigenvalue weighted by Crippen LogP contribution is 2.22. The molecule has 0 N–H and O–H groups in total. The van der Waals surface area contributed by atoms with E-state index in [1.165, 1.54) is 69.8 Å². The Morgan fingerprint density at radius 3 is 2.11 bits per heavy atom. The van der Waals surface area contributed by atoms with E-state index in [0.717, 1.165) is 18.4 Å². The summed E-state index contributed by atoms with van der Waals surface area (Å²) in [6, 6.07) is 10.6. The molecule has 0 aliphatic carbocycles. The molecule has 0 saturated carbocycles. The molecule has 0 radical (unpaired) electrons. The fraction of sp³-hybridized carbons (Fsp3) is 0.600. The fourth-order valence-corrected chi connectivity index (χ4v) is 3.73. The monoisotopic (exact) mass is 446 g/mol. The van der Waals surface area contributed by atoms with Gasteiger partial charge >= 0.3 is 0 Å². The Balaban J connectivity index is 0.00000392. The third-order valence-corrected chi connectivity index (χ3v) is 5.94. The van der Waals surface area contributed by atoms with Crippen molar-refractivity contribution < 1.29 is 21.5 Å². The molecule has 0 saturated heterocycles. The number of hydrogen-bond donors (Lipinski definition) is 0. The first-order chi connectivity index (χ1) is 13.3. The predicted octanol–water partition coefficient (Wildman–Crippen LogP) is 3.40. The lowest BCUT2D eigenvalue weighted by molar-refractivity contribution is -0.698. The smallest absolute Gasteiger partial charge is 0.168 e. The van der Waals surface area contributed by atoms with Gasteiger partial charge in [0.05, 0.1) is 0 Å².